The second kappa shape index (κ2) is 14.7. The molecular weight excluding hydrogens is 507 g/mol. The van der Waals surface area contributed by atoms with Crippen molar-refractivity contribution >= 4 is 35.0 Å². The van der Waals surface area contributed by atoms with Crippen molar-refractivity contribution < 1.29 is 14.3 Å². The first kappa shape index (κ1) is 28.5. The topological polar surface area (TPSA) is 58.6 Å². The summed E-state index contributed by atoms with van der Waals surface area (Å²) in [5.74, 6) is 0.399. The van der Waals surface area contributed by atoms with Gasteiger partial charge in [-0.3, -0.25) is 9.59 Å². The van der Waals surface area contributed by atoms with Crippen molar-refractivity contribution in [3.63, 3.8) is 0 Å². The number of hydrogen-bond acceptors (Lipinski definition) is 3. The van der Waals surface area contributed by atoms with Gasteiger partial charge in [-0.15, -0.1) is 0 Å². The summed E-state index contributed by atoms with van der Waals surface area (Å²) in [6.07, 6.45) is 1.94. The van der Waals surface area contributed by atoms with Crippen molar-refractivity contribution in [3.05, 3.63) is 100 Å². The number of rotatable bonds is 13. The maximum Gasteiger partial charge on any atom is 0.243 e. The highest BCUT2D eigenvalue weighted by molar-refractivity contribution is 6.31. The number of carbonyl (C=O) groups excluding carboxylic acids is 2. The predicted octanol–water partition coefficient (Wildman–Crippen LogP) is 6.71. The van der Waals surface area contributed by atoms with Crippen molar-refractivity contribution in [1.29, 1.82) is 0 Å². The standard InChI is InChI=1S/C30H34Cl2N2O3/c1-3-22(2)33-30(36)28(20-23-10-5-4-6-11-23)34(21-24-12-7-8-13-27(24)32)29(35)14-9-19-37-26-17-15-25(31)16-18-26/h4-8,10-13,15-18,22,28H,3,9,14,19-21H2,1-2H3,(H,33,36)/t22-,28-/m1/s1. The lowest BCUT2D eigenvalue weighted by atomic mass is 10.0. The van der Waals surface area contributed by atoms with Crippen molar-refractivity contribution in [2.45, 2.75) is 58.2 Å². The van der Waals surface area contributed by atoms with E-state index in [1.165, 1.54) is 0 Å². The SMILES string of the molecule is CC[C@@H](C)NC(=O)[C@@H](Cc1ccccc1)N(Cc1ccccc1Cl)C(=O)CCCOc1ccc(Cl)cc1. The number of benzene rings is 3. The van der Waals surface area contributed by atoms with Crippen LogP contribution >= 0.6 is 23.2 Å². The van der Waals surface area contributed by atoms with Crippen LogP contribution in [0.1, 0.15) is 44.2 Å². The minimum absolute atomic E-state index is 0.00388. The van der Waals surface area contributed by atoms with E-state index in [1.807, 2.05) is 62.4 Å². The fourth-order valence-electron chi connectivity index (χ4n) is 3.89. The lowest BCUT2D eigenvalue weighted by Crippen LogP contribution is -2.52. The van der Waals surface area contributed by atoms with Crippen LogP contribution in [0.3, 0.4) is 0 Å². The Balaban J connectivity index is 1.80. The summed E-state index contributed by atoms with van der Waals surface area (Å²) < 4.78 is 5.77. The summed E-state index contributed by atoms with van der Waals surface area (Å²) >= 11 is 12.4. The first-order valence-electron chi connectivity index (χ1n) is 12.6. The Morgan fingerprint density at radius 3 is 2.30 bits per heavy atom. The number of ether oxygens (including phenoxy) is 1. The molecule has 3 rings (SSSR count). The number of carbonyl (C=O) groups is 2. The Labute approximate surface area is 229 Å². The molecule has 0 fully saturated rings. The summed E-state index contributed by atoms with van der Waals surface area (Å²) in [5.41, 5.74) is 1.78. The molecule has 0 unspecified atom stereocenters. The van der Waals surface area contributed by atoms with Gasteiger partial charge in [0.05, 0.1) is 6.61 Å². The van der Waals surface area contributed by atoms with Crippen LogP contribution in [-0.2, 0) is 22.6 Å². The lowest BCUT2D eigenvalue weighted by molar-refractivity contribution is -0.141. The molecule has 0 spiro atoms. The zero-order valence-corrected chi connectivity index (χ0v) is 22.8. The third kappa shape index (κ3) is 9.10. The molecule has 1 N–H and O–H groups in total. The van der Waals surface area contributed by atoms with Gasteiger partial charge in [-0.05, 0) is 61.2 Å². The van der Waals surface area contributed by atoms with E-state index in [1.54, 1.807) is 35.2 Å². The second-order valence-electron chi connectivity index (χ2n) is 9.04. The highest BCUT2D eigenvalue weighted by Gasteiger charge is 2.31. The molecule has 0 saturated carbocycles. The molecule has 0 aromatic heterocycles. The van der Waals surface area contributed by atoms with Crippen molar-refractivity contribution in [2.75, 3.05) is 6.61 Å². The number of nitrogens with one attached hydrogen (secondary N) is 1. The van der Waals surface area contributed by atoms with Crippen molar-refractivity contribution in [2.24, 2.45) is 0 Å². The molecule has 0 aliphatic rings. The summed E-state index contributed by atoms with van der Waals surface area (Å²) in [6.45, 7) is 4.59. The minimum Gasteiger partial charge on any atom is -0.494 e. The van der Waals surface area contributed by atoms with Gasteiger partial charge in [0.25, 0.3) is 0 Å². The van der Waals surface area contributed by atoms with E-state index in [2.05, 4.69) is 5.32 Å². The summed E-state index contributed by atoms with van der Waals surface area (Å²) in [6, 6.07) is 23.6. The van der Waals surface area contributed by atoms with Crippen LogP contribution in [0.2, 0.25) is 10.0 Å². The van der Waals surface area contributed by atoms with Crippen LogP contribution in [0.25, 0.3) is 0 Å². The Morgan fingerprint density at radius 2 is 1.62 bits per heavy atom. The average Bonchev–Trinajstić information content (AvgIpc) is 2.91. The van der Waals surface area contributed by atoms with E-state index < -0.39 is 6.04 Å². The highest BCUT2D eigenvalue weighted by Crippen LogP contribution is 2.22. The second-order valence-corrected chi connectivity index (χ2v) is 9.89. The zero-order valence-electron chi connectivity index (χ0n) is 21.3. The fourth-order valence-corrected chi connectivity index (χ4v) is 4.21. The minimum atomic E-state index is -0.683. The molecule has 2 atom stereocenters. The smallest absolute Gasteiger partial charge is 0.243 e. The van der Waals surface area contributed by atoms with E-state index >= 15 is 0 Å². The third-order valence-electron chi connectivity index (χ3n) is 6.19. The van der Waals surface area contributed by atoms with E-state index in [9.17, 15) is 9.59 Å². The Kier molecular flexibility index (Phi) is 11.3. The van der Waals surface area contributed by atoms with Crippen LogP contribution in [-0.4, -0.2) is 35.4 Å². The Hall–Kier alpha value is -3.02. The quantitative estimate of drug-likeness (QED) is 0.245. The Bertz CT molecular complexity index is 1140. The Morgan fingerprint density at radius 1 is 0.946 bits per heavy atom. The monoisotopic (exact) mass is 540 g/mol. The van der Waals surface area contributed by atoms with Crippen LogP contribution in [0.4, 0.5) is 0 Å². The van der Waals surface area contributed by atoms with E-state index in [0.717, 1.165) is 17.5 Å². The molecule has 0 aliphatic carbocycles. The zero-order chi connectivity index (χ0) is 26.6. The van der Waals surface area contributed by atoms with Crippen molar-refractivity contribution in [1.82, 2.24) is 10.2 Å². The van der Waals surface area contributed by atoms with Gasteiger partial charge >= 0.3 is 0 Å². The van der Waals surface area contributed by atoms with Gasteiger partial charge < -0.3 is 15.0 Å². The number of halogens is 2. The van der Waals surface area contributed by atoms with Crippen LogP contribution in [0.5, 0.6) is 5.75 Å². The molecule has 0 radical (unpaired) electrons. The van der Waals surface area contributed by atoms with Gasteiger partial charge in [0.2, 0.25) is 11.8 Å². The molecule has 196 valence electrons. The molecule has 2 amide bonds. The summed E-state index contributed by atoms with van der Waals surface area (Å²) in [4.78, 5) is 28.8. The lowest BCUT2D eigenvalue weighted by Gasteiger charge is -2.32. The predicted molar refractivity (Wildman–Crippen MR) is 150 cm³/mol. The number of amides is 2. The fraction of sp³-hybridized carbons (Fsp3) is 0.333. The molecule has 0 bridgehead atoms. The molecule has 37 heavy (non-hydrogen) atoms. The molecule has 0 saturated heterocycles. The summed E-state index contributed by atoms with van der Waals surface area (Å²) in [7, 11) is 0. The van der Waals surface area contributed by atoms with Crippen molar-refractivity contribution in [3.8, 4) is 5.75 Å². The van der Waals surface area contributed by atoms with Gasteiger partial charge in [-0.25, -0.2) is 0 Å². The van der Waals surface area contributed by atoms with Crippen LogP contribution in [0, 0.1) is 0 Å². The van der Waals surface area contributed by atoms with Crippen LogP contribution in [0.15, 0.2) is 78.9 Å². The van der Waals surface area contributed by atoms with Crippen LogP contribution < -0.4 is 10.1 Å². The average molecular weight is 542 g/mol. The first-order chi connectivity index (χ1) is 17.9. The molecule has 7 heteroatoms. The first-order valence-corrected chi connectivity index (χ1v) is 13.4. The highest BCUT2D eigenvalue weighted by atomic mass is 35.5. The molecular formula is C30H34Cl2N2O3. The van der Waals surface area contributed by atoms with E-state index in [0.29, 0.717) is 35.2 Å². The number of hydrogen-bond donors (Lipinski definition) is 1. The maximum absolute atomic E-state index is 13.6. The van der Waals surface area contributed by atoms with Gasteiger partial charge in [-0.1, -0.05) is 78.7 Å². The molecule has 5 nitrogen and oxygen atoms in total. The van der Waals surface area contributed by atoms with Gasteiger partial charge in [0.15, 0.2) is 0 Å². The largest absolute Gasteiger partial charge is 0.494 e. The molecule has 0 aliphatic heterocycles. The van der Waals surface area contributed by atoms with Gasteiger partial charge in [-0.2, -0.15) is 0 Å². The molecule has 3 aromatic carbocycles. The van der Waals surface area contributed by atoms with Gasteiger partial charge in [0, 0.05) is 35.5 Å². The maximum atomic E-state index is 13.6. The van der Waals surface area contributed by atoms with Gasteiger partial charge in [0.1, 0.15) is 11.8 Å². The third-order valence-corrected chi connectivity index (χ3v) is 6.81. The molecule has 3 aromatic rings. The van der Waals surface area contributed by atoms with E-state index in [4.69, 9.17) is 27.9 Å². The molecule has 0 heterocycles. The summed E-state index contributed by atoms with van der Waals surface area (Å²) in [5, 5.41) is 4.28. The van der Waals surface area contributed by atoms with E-state index in [-0.39, 0.29) is 30.8 Å². The normalized spacial score (nSPS) is 12.4. The number of nitrogens with zero attached hydrogens (tertiary/aromatic N) is 1.